The molecule has 18 heavy (non-hydrogen) atoms. The van der Waals surface area contributed by atoms with E-state index in [-0.39, 0.29) is 12.6 Å². The fourth-order valence-corrected chi connectivity index (χ4v) is 2.46. The van der Waals surface area contributed by atoms with Crippen molar-refractivity contribution in [1.29, 1.82) is 0 Å². The molecule has 0 aliphatic carbocycles. The van der Waals surface area contributed by atoms with Crippen LogP contribution in [0.25, 0.3) is 0 Å². The Kier molecular flexibility index (Phi) is 4.81. The molecule has 1 fully saturated rings. The molecule has 1 aliphatic heterocycles. The van der Waals surface area contributed by atoms with Crippen LogP contribution in [0.1, 0.15) is 32.6 Å². The third-order valence-corrected chi connectivity index (χ3v) is 3.38. The van der Waals surface area contributed by atoms with Crippen molar-refractivity contribution in [3.8, 4) is 5.88 Å². The number of aliphatic hydroxyl groups excluding tert-OH is 1. The van der Waals surface area contributed by atoms with Crippen LogP contribution in [-0.2, 0) is 0 Å². The molecule has 2 rings (SSSR count). The molecule has 1 unspecified atom stereocenters. The second kappa shape index (κ2) is 6.59. The Bertz CT molecular complexity index is 371. The van der Waals surface area contributed by atoms with Crippen molar-refractivity contribution >= 4 is 5.82 Å². The highest BCUT2D eigenvalue weighted by Gasteiger charge is 2.21. The molecule has 1 N–H and O–H groups in total. The van der Waals surface area contributed by atoms with E-state index in [1.807, 2.05) is 25.1 Å². The molecule has 1 aliphatic rings. The maximum atomic E-state index is 9.52. The lowest BCUT2D eigenvalue weighted by atomic mass is 10.1. The summed E-state index contributed by atoms with van der Waals surface area (Å²) in [4.78, 5) is 6.74. The van der Waals surface area contributed by atoms with Crippen LogP contribution in [0.15, 0.2) is 18.2 Å². The van der Waals surface area contributed by atoms with Crippen LogP contribution in [0.2, 0.25) is 0 Å². The quantitative estimate of drug-likeness (QED) is 0.890. The average Bonchev–Trinajstić information content (AvgIpc) is 2.64. The van der Waals surface area contributed by atoms with Gasteiger partial charge in [-0.05, 0) is 25.8 Å². The van der Waals surface area contributed by atoms with Gasteiger partial charge in [-0.3, -0.25) is 0 Å². The first kappa shape index (κ1) is 13.1. The van der Waals surface area contributed by atoms with Gasteiger partial charge in [0.2, 0.25) is 5.88 Å². The van der Waals surface area contributed by atoms with Gasteiger partial charge in [0.25, 0.3) is 0 Å². The van der Waals surface area contributed by atoms with Gasteiger partial charge in [-0.2, -0.15) is 4.98 Å². The molecule has 0 aromatic carbocycles. The van der Waals surface area contributed by atoms with Crippen LogP contribution < -0.4 is 9.64 Å². The molecule has 1 aromatic heterocycles. The summed E-state index contributed by atoms with van der Waals surface area (Å²) in [7, 11) is 0. The molecule has 0 spiro atoms. The van der Waals surface area contributed by atoms with Crippen LogP contribution in [0.5, 0.6) is 5.88 Å². The van der Waals surface area contributed by atoms with Crippen molar-refractivity contribution in [2.75, 3.05) is 24.7 Å². The van der Waals surface area contributed by atoms with E-state index >= 15 is 0 Å². The van der Waals surface area contributed by atoms with Gasteiger partial charge in [-0.15, -0.1) is 0 Å². The fraction of sp³-hybridized carbons (Fsp3) is 0.643. The van der Waals surface area contributed by atoms with E-state index in [4.69, 9.17) is 4.74 Å². The molecule has 1 atom stereocenters. The van der Waals surface area contributed by atoms with Gasteiger partial charge in [0.1, 0.15) is 5.82 Å². The molecule has 4 heteroatoms. The molecule has 0 amide bonds. The zero-order valence-electron chi connectivity index (χ0n) is 11.0. The molecule has 2 heterocycles. The molecule has 0 bridgehead atoms. The number of nitrogens with zero attached hydrogens (tertiary/aromatic N) is 2. The summed E-state index contributed by atoms with van der Waals surface area (Å²) in [6.45, 7) is 3.74. The summed E-state index contributed by atoms with van der Waals surface area (Å²) in [5.74, 6) is 1.58. The number of ether oxygens (including phenoxy) is 1. The largest absolute Gasteiger partial charge is 0.478 e. The van der Waals surface area contributed by atoms with Crippen molar-refractivity contribution in [3.05, 3.63) is 18.2 Å². The van der Waals surface area contributed by atoms with E-state index in [0.717, 1.165) is 25.2 Å². The summed E-state index contributed by atoms with van der Waals surface area (Å²) in [5.41, 5.74) is 0. The van der Waals surface area contributed by atoms with Crippen molar-refractivity contribution in [3.63, 3.8) is 0 Å². The van der Waals surface area contributed by atoms with Crippen molar-refractivity contribution in [2.24, 2.45) is 0 Å². The first-order valence-corrected chi connectivity index (χ1v) is 6.82. The van der Waals surface area contributed by atoms with Crippen LogP contribution in [0.4, 0.5) is 5.82 Å². The molecule has 100 valence electrons. The smallest absolute Gasteiger partial charge is 0.215 e. The lowest BCUT2D eigenvalue weighted by molar-refractivity contribution is 0.254. The second-order valence-corrected chi connectivity index (χ2v) is 4.65. The van der Waals surface area contributed by atoms with Gasteiger partial charge in [-0.25, -0.2) is 0 Å². The van der Waals surface area contributed by atoms with Gasteiger partial charge >= 0.3 is 0 Å². The van der Waals surface area contributed by atoms with Crippen molar-refractivity contribution in [2.45, 2.75) is 38.6 Å². The summed E-state index contributed by atoms with van der Waals surface area (Å²) >= 11 is 0. The van der Waals surface area contributed by atoms with E-state index in [9.17, 15) is 5.11 Å². The Morgan fingerprint density at radius 3 is 3.06 bits per heavy atom. The van der Waals surface area contributed by atoms with E-state index in [1.54, 1.807) is 0 Å². The molecular weight excluding hydrogens is 228 g/mol. The predicted octanol–water partition coefficient (Wildman–Crippen LogP) is 2.22. The van der Waals surface area contributed by atoms with Gasteiger partial charge in [0.15, 0.2) is 0 Å². The number of hydrogen-bond donors (Lipinski definition) is 1. The number of hydrogen-bond acceptors (Lipinski definition) is 4. The monoisotopic (exact) mass is 250 g/mol. The number of pyridine rings is 1. The minimum absolute atomic E-state index is 0.192. The zero-order chi connectivity index (χ0) is 12.8. The number of aliphatic hydroxyl groups is 1. The first-order valence-electron chi connectivity index (χ1n) is 6.82. The van der Waals surface area contributed by atoms with E-state index < -0.39 is 0 Å². The Morgan fingerprint density at radius 2 is 2.28 bits per heavy atom. The normalized spacial score (nSPS) is 20.6. The summed E-state index contributed by atoms with van der Waals surface area (Å²) in [6.07, 6.45) is 4.62. The maximum absolute atomic E-state index is 9.52. The number of anilines is 1. The molecule has 1 saturated heterocycles. The molecular formula is C14H22N2O2. The van der Waals surface area contributed by atoms with Gasteiger partial charge < -0.3 is 14.7 Å². The topological polar surface area (TPSA) is 45.6 Å². The zero-order valence-corrected chi connectivity index (χ0v) is 11.0. The lowest BCUT2D eigenvalue weighted by Crippen LogP contribution is -2.38. The van der Waals surface area contributed by atoms with Crippen LogP contribution in [0, 0.1) is 0 Å². The van der Waals surface area contributed by atoms with Crippen LogP contribution >= 0.6 is 0 Å². The number of rotatable bonds is 4. The Morgan fingerprint density at radius 1 is 1.39 bits per heavy atom. The molecule has 1 aromatic rings. The summed E-state index contributed by atoms with van der Waals surface area (Å²) in [6, 6.07) is 6.03. The average molecular weight is 250 g/mol. The third kappa shape index (κ3) is 3.13. The van der Waals surface area contributed by atoms with Gasteiger partial charge in [0.05, 0.1) is 19.3 Å². The Hall–Kier alpha value is -1.29. The Labute approximate surface area is 109 Å². The van der Waals surface area contributed by atoms with Gasteiger partial charge in [0, 0.05) is 12.6 Å². The molecule has 0 saturated carbocycles. The van der Waals surface area contributed by atoms with Gasteiger partial charge in [-0.1, -0.05) is 18.9 Å². The van der Waals surface area contributed by atoms with Crippen LogP contribution in [0.3, 0.4) is 0 Å². The summed E-state index contributed by atoms with van der Waals surface area (Å²) < 4.78 is 5.44. The minimum Gasteiger partial charge on any atom is -0.478 e. The van der Waals surface area contributed by atoms with Crippen LogP contribution in [-0.4, -0.2) is 35.9 Å². The molecule has 4 nitrogen and oxygen atoms in total. The van der Waals surface area contributed by atoms with Crippen molar-refractivity contribution < 1.29 is 9.84 Å². The highest BCUT2D eigenvalue weighted by Crippen LogP contribution is 2.24. The number of aromatic nitrogens is 1. The highest BCUT2D eigenvalue weighted by molar-refractivity contribution is 5.42. The maximum Gasteiger partial charge on any atom is 0.215 e. The highest BCUT2D eigenvalue weighted by atomic mass is 16.5. The Balaban J connectivity index is 2.18. The standard InChI is InChI=1S/C14H22N2O2/c1-2-18-14-9-6-8-13(15-14)16-10-5-3-4-7-12(16)11-17/h6,8-9,12,17H,2-5,7,10-11H2,1H3. The molecule has 0 radical (unpaired) electrons. The van der Waals surface area contributed by atoms with Crippen molar-refractivity contribution in [1.82, 2.24) is 4.98 Å². The van der Waals surface area contributed by atoms with E-state index in [0.29, 0.717) is 12.5 Å². The van der Waals surface area contributed by atoms with E-state index in [2.05, 4.69) is 9.88 Å². The SMILES string of the molecule is CCOc1cccc(N2CCCCCC2CO)n1. The third-order valence-electron chi connectivity index (χ3n) is 3.38. The first-order chi connectivity index (χ1) is 8.85. The predicted molar refractivity (Wildman–Crippen MR) is 72.1 cm³/mol. The lowest BCUT2D eigenvalue weighted by Gasteiger charge is -2.29. The second-order valence-electron chi connectivity index (χ2n) is 4.65. The van der Waals surface area contributed by atoms with E-state index in [1.165, 1.54) is 12.8 Å². The minimum atomic E-state index is 0.192. The summed E-state index contributed by atoms with van der Waals surface area (Å²) in [5, 5.41) is 9.52. The fourth-order valence-electron chi connectivity index (χ4n) is 2.46.